The molecule has 1 heterocycles. The molecule has 0 bridgehead atoms. The Morgan fingerprint density at radius 1 is 1.42 bits per heavy atom. The summed E-state index contributed by atoms with van der Waals surface area (Å²) in [4.78, 5) is 4.04. The monoisotopic (exact) mass is 235 g/mol. The summed E-state index contributed by atoms with van der Waals surface area (Å²) >= 11 is 9.08. The van der Waals surface area contributed by atoms with Crippen molar-refractivity contribution in [2.75, 3.05) is 11.5 Å². The van der Waals surface area contributed by atoms with Crippen LogP contribution in [0.4, 0.5) is 0 Å². The van der Waals surface area contributed by atoms with Gasteiger partial charge < -0.3 is 0 Å². The van der Waals surface area contributed by atoms with E-state index in [1.165, 1.54) is 0 Å². The molecule has 1 aliphatic heterocycles. The van der Waals surface area contributed by atoms with E-state index in [0.717, 1.165) is 17.9 Å². The number of hydrogen-bond acceptors (Lipinski definition) is 5. The Labute approximate surface area is 88.8 Å². The van der Waals surface area contributed by atoms with E-state index in [1.807, 2.05) is 0 Å². The van der Waals surface area contributed by atoms with Crippen molar-refractivity contribution in [1.29, 1.82) is 0 Å². The Morgan fingerprint density at radius 2 is 2.25 bits per heavy atom. The molecule has 2 unspecified atom stereocenters. The van der Waals surface area contributed by atoms with E-state index >= 15 is 0 Å². The molecular formula is C6H7N2S4+. The van der Waals surface area contributed by atoms with E-state index in [4.69, 9.17) is 0 Å². The molecule has 0 aliphatic carbocycles. The number of isothiocyanates is 2. The maximum Gasteiger partial charge on any atom is 0.208 e. The van der Waals surface area contributed by atoms with Gasteiger partial charge >= 0.3 is 0 Å². The van der Waals surface area contributed by atoms with Crippen LogP contribution in [0.3, 0.4) is 0 Å². The predicted octanol–water partition coefficient (Wildman–Crippen LogP) is 2.15. The lowest BCUT2D eigenvalue weighted by atomic mass is 10.3. The molecule has 1 fully saturated rings. The van der Waals surface area contributed by atoms with Gasteiger partial charge in [0.15, 0.2) is 5.75 Å². The Hall–Kier alpha value is 0.300. The summed E-state index contributed by atoms with van der Waals surface area (Å²) in [6.45, 7) is 0. The molecule has 6 heteroatoms. The summed E-state index contributed by atoms with van der Waals surface area (Å²) in [5.41, 5.74) is 0. The zero-order valence-electron chi connectivity index (χ0n) is 6.23. The van der Waals surface area contributed by atoms with Gasteiger partial charge in [0.25, 0.3) is 0 Å². The van der Waals surface area contributed by atoms with E-state index in [0.29, 0.717) is 6.04 Å². The normalized spacial score (nSPS) is 28.3. The Balaban J connectivity index is 2.38. The second-order valence-corrected chi connectivity index (χ2v) is 6.18. The van der Waals surface area contributed by atoms with Crippen molar-refractivity contribution in [2.45, 2.75) is 12.5 Å². The first-order valence-corrected chi connectivity index (χ1v) is 7.03. The van der Waals surface area contributed by atoms with E-state index in [2.05, 4.69) is 44.1 Å². The smallest absolute Gasteiger partial charge is 0.208 e. The van der Waals surface area contributed by atoms with E-state index in [1.54, 1.807) is 10.8 Å². The fraction of sp³-hybridized carbons (Fsp3) is 0.667. The minimum atomic E-state index is 0.0356. The topological polar surface area (TPSA) is 24.7 Å². The van der Waals surface area contributed by atoms with Gasteiger partial charge in [-0.15, -0.1) is 0 Å². The summed E-state index contributed by atoms with van der Waals surface area (Å²) in [5, 5.41) is 4.83. The highest BCUT2D eigenvalue weighted by Gasteiger charge is 2.30. The minimum absolute atomic E-state index is 0.0356. The highest BCUT2D eigenvalue weighted by Crippen LogP contribution is 2.27. The van der Waals surface area contributed by atoms with Crippen molar-refractivity contribution in [3.63, 3.8) is 0 Å². The number of rotatable bonds is 2. The summed E-state index contributed by atoms with van der Waals surface area (Å²) in [6.07, 6.45) is 1.04. The van der Waals surface area contributed by atoms with Gasteiger partial charge in [0.1, 0.15) is 16.0 Å². The van der Waals surface area contributed by atoms with Gasteiger partial charge in [-0.25, -0.2) is 4.99 Å². The first-order chi connectivity index (χ1) is 5.86. The molecule has 0 aromatic rings. The third-order valence-electron chi connectivity index (χ3n) is 1.40. The molecule has 0 amide bonds. The maximum absolute atomic E-state index is 4.54. The van der Waals surface area contributed by atoms with E-state index < -0.39 is 0 Å². The van der Waals surface area contributed by atoms with Crippen LogP contribution in [0.15, 0.2) is 9.39 Å². The molecule has 1 aliphatic rings. The highest BCUT2D eigenvalue weighted by atomic mass is 33.1. The first-order valence-electron chi connectivity index (χ1n) is 3.36. The molecule has 0 aromatic carbocycles. The predicted molar refractivity (Wildman–Crippen MR) is 63.1 cm³/mol. The molecule has 12 heavy (non-hydrogen) atoms. The molecular weight excluding hydrogens is 228 g/mol. The van der Waals surface area contributed by atoms with Gasteiger partial charge in [0.2, 0.25) is 10.1 Å². The van der Waals surface area contributed by atoms with E-state index in [-0.39, 0.29) is 10.1 Å². The molecule has 1 saturated heterocycles. The van der Waals surface area contributed by atoms with E-state index in [9.17, 15) is 0 Å². The van der Waals surface area contributed by atoms with Crippen LogP contribution in [-0.4, -0.2) is 27.9 Å². The minimum Gasteiger partial charge on any atom is -0.228 e. The van der Waals surface area contributed by atoms with Crippen LogP contribution in [0.2, 0.25) is 0 Å². The SMILES string of the molecule is S=C=NC1CC[S+](N=C=S)SC1. The van der Waals surface area contributed by atoms with Crippen molar-refractivity contribution in [3.8, 4) is 0 Å². The molecule has 64 valence electrons. The molecule has 0 N–H and O–H groups in total. The van der Waals surface area contributed by atoms with Gasteiger partial charge in [-0.05, 0) is 24.4 Å². The third-order valence-corrected chi connectivity index (χ3v) is 5.33. The molecule has 0 radical (unpaired) electrons. The second-order valence-electron chi connectivity index (χ2n) is 2.16. The zero-order valence-corrected chi connectivity index (χ0v) is 9.49. The lowest BCUT2D eigenvalue weighted by molar-refractivity contribution is 0.735. The molecule has 0 aromatic heterocycles. The summed E-state index contributed by atoms with van der Waals surface area (Å²) in [7, 11) is 1.82. The lowest BCUT2D eigenvalue weighted by Crippen LogP contribution is -2.20. The quantitative estimate of drug-likeness (QED) is 0.317. The van der Waals surface area contributed by atoms with Crippen LogP contribution in [0.25, 0.3) is 0 Å². The van der Waals surface area contributed by atoms with Crippen LogP contribution in [0.1, 0.15) is 6.42 Å². The highest BCUT2D eigenvalue weighted by molar-refractivity contribution is 8.73. The maximum atomic E-state index is 4.54. The molecule has 0 saturated carbocycles. The van der Waals surface area contributed by atoms with Gasteiger partial charge in [-0.3, -0.25) is 0 Å². The number of aliphatic imine (C=N–C) groups is 1. The zero-order chi connectivity index (χ0) is 8.81. The van der Waals surface area contributed by atoms with Crippen molar-refractivity contribution in [1.82, 2.24) is 0 Å². The number of hydrogen-bond donors (Lipinski definition) is 0. The van der Waals surface area contributed by atoms with Crippen LogP contribution in [0, 0.1) is 0 Å². The van der Waals surface area contributed by atoms with Gasteiger partial charge in [0, 0.05) is 10.8 Å². The largest absolute Gasteiger partial charge is 0.228 e. The second kappa shape index (κ2) is 5.86. The summed E-state index contributed by atoms with van der Waals surface area (Å²) in [6, 6.07) is 0.344. The van der Waals surface area contributed by atoms with Crippen LogP contribution < -0.4 is 0 Å². The standard InChI is InChI=1S/C6H7N2S4/c9-4-7-6-1-2-12(8-5-10)11-3-6/h6H,1-3H2/q+1. The van der Waals surface area contributed by atoms with Crippen LogP contribution >= 0.6 is 35.2 Å². The summed E-state index contributed by atoms with van der Waals surface area (Å²) in [5.74, 6) is 2.02. The van der Waals surface area contributed by atoms with Crippen LogP contribution in [-0.2, 0) is 10.1 Å². The Morgan fingerprint density at radius 3 is 2.75 bits per heavy atom. The van der Waals surface area contributed by atoms with Crippen molar-refractivity contribution in [3.05, 3.63) is 0 Å². The Kier molecular flexibility index (Phi) is 5.07. The van der Waals surface area contributed by atoms with Crippen molar-refractivity contribution >= 4 is 55.7 Å². The molecule has 2 nitrogen and oxygen atoms in total. The van der Waals surface area contributed by atoms with Gasteiger partial charge in [0.05, 0.1) is 17.0 Å². The summed E-state index contributed by atoms with van der Waals surface area (Å²) < 4.78 is 4.05. The third kappa shape index (κ3) is 3.35. The molecule has 1 rings (SSSR count). The average molecular weight is 235 g/mol. The Bertz CT molecular complexity index is 208. The lowest BCUT2D eigenvalue weighted by Gasteiger charge is -2.11. The van der Waals surface area contributed by atoms with Crippen LogP contribution in [0.5, 0.6) is 0 Å². The fourth-order valence-electron chi connectivity index (χ4n) is 0.826. The molecule has 2 atom stereocenters. The number of thiocarbonyl (C=S) groups is 2. The average Bonchev–Trinajstić information content (AvgIpc) is 2.09. The first kappa shape index (κ1) is 10.4. The number of nitrogens with zero attached hydrogens (tertiary/aromatic N) is 2. The van der Waals surface area contributed by atoms with Crippen molar-refractivity contribution < 1.29 is 0 Å². The molecule has 0 spiro atoms. The van der Waals surface area contributed by atoms with Gasteiger partial charge in [-0.2, -0.15) is 0 Å². The fourth-order valence-corrected chi connectivity index (χ4v) is 4.62. The van der Waals surface area contributed by atoms with Crippen molar-refractivity contribution in [2.24, 2.45) is 9.39 Å². The van der Waals surface area contributed by atoms with Gasteiger partial charge in [-0.1, -0.05) is 0 Å².